The van der Waals surface area contributed by atoms with Crippen molar-refractivity contribution in [1.29, 1.82) is 0 Å². The van der Waals surface area contributed by atoms with Crippen LogP contribution in [0.4, 0.5) is 10.1 Å². The van der Waals surface area contributed by atoms with Crippen LogP contribution in [0.1, 0.15) is 27.3 Å². The molecule has 0 aliphatic carbocycles. The number of rotatable bonds is 4. The Morgan fingerprint density at radius 2 is 1.82 bits per heavy atom. The number of carbonyl (C=O) groups is 1. The Balaban J connectivity index is 1.62. The quantitative estimate of drug-likeness (QED) is 0.587. The zero-order valence-corrected chi connectivity index (χ0v) is 15.5. The van der Waals surface area contributed by atoms with Gasteiger partial charge in [0, 0.05) is 17.8 Å². The van der Waals surface area contributed by atoms with Crippen LogP contribution in [0.5, 0.6) is 0 Å². The molecule has 1 aromatic carbocycles. The lowest BCUT2D eigenvalue weighted by molar-refractivity contribution is 0.102. The summed E-state index contributed by atoms with van der Waals surface area (Å²) in [5.74, 6) is -0.517. The summed E-state index contributed by atoms with van der Waals surface area (Å²) in [6.45, 7) is 4.23. The SMILES string of the molecule is Cc1nn(Cc2ccc(F)cc2)c(C)c1NC(=O)c1ccnc2ncccc12. The highest BCUT2D eigenvalue weighted by atomic mass is 19.1. The summed E-state index contributed by atoms with van der Waals surface area (Å²) in [5.41, 5.74) is 4.16. The van der Waals surface area contributed by atoms with Crippen LogP contribution in [-0.4, -0.2) is 25.7 Å². The van der Waals surface area contributed by atoms with E-state index in [0.717, 1.165) is 11.3 Å². The van der Waals surface area contributed by atoms with Crippen LogP contribution in [0.2, 0.25) is 0 Å². The fraction of sp³-hybridized carbons (Fsp3) is 0.143. The number of hydrogen-bond acceptors (Lipinski definition) is 4. The van der Waals surface area contributed by atoms with Crippen molar-refractivity contribution >= 4 is 22.6 Å². The van der Waals surface area contributed by atoms with Crippen LogP contribution in [-0.2, 0) is 6.54 Å². The number of hydrogen-bond donors (Lipinski definition) is 1. The minimum atomic E-state index is -0.274. The molecule has 3 aromatic heterocycles. The number of aromatic nitrogens is 4. The number of carbonyl (C=O) groups excluding carboxylic acids is 1. The predicted octanol–water partition coefficient (Wildman–Crippen LogP) is 3.88. The number of pyridine rings is 2. The van der Waals surface area contributed by atoms with Crippen LogP contribution in [0.15, 0.2) is 54.9 Å². The zero-order valence-electron chi connectivity index (χ0n) is 15.5. The number of benzene rings is 1. The molecule has 0 saturated heterocycles. The number of aryl methyl sites for hydroxylation is 1. The van der Waals surface area contributed by atoms with Gasteiger partial charge in [0.25, 0.3) is 5.91 Å². The van der Waals surface area contributed by atoms with Crippen LogP contribution in [0.3, 0.4) is 0 Å². The Bertz CT molecular complexity index is 1160. The first-order valence-corrected chi connectivity index (χ1v) is 8.82. The molecular weight excluding hydrogens is 357 g/mol. The highest BCUT2D eigenvalue weighted by Gasteiger charge is 2.17. The number of amides is 1. The lowest BCUT2D eigenvalue weighted by Gasteiger charge is -2.09. The number of fused-ring (bicyclic) bond motifs is 1. The standard InChI is InChI=1S/C21H18FN5O/c1-13-19(14(2)27(26-13)12-15-5-7-16(22)8-6-15)25-21(28)18-9-11-24-20-17(18)4-3-10-23-20/h3-11H,12H2,1-2H3,(H,25,28). The third-order valence-electron chi connectivity index (χ3n) is 4.63. The molecule has 0 atom stereocenters. The topological polar surface area (TPSA) is 72.7 Å². The Morgan fingerprint density at radius 3 is 2.61 bits per heavy atom. The van der Waals surface area contributed by atoms with Crippen LogP contribution in [0, 0.1) is 19.7 Å². The van der Waals surface area contributed by atoms with E-state index in [1.807, 2.05) is 19.9 Å². The molecule has 0 aliphatic rings. The molecule has 0 fully saturated rings. The fourth-order valence-electron chi connectivity index (χ4n) is 3.16. The van der Waals surface area contributed by atoms with E-state index in [4.69, 9.17) is 0 Å². The lowest BCUT2D eigenvalue weighted by Crippen LogP contribution is -2.14. The molecule has 140 valence electrons. The van der Waals surface area contributed by atoms with E-state index in [-0.39, 0.29) is 11.7 Å². The lowest BCUT2D eigenvalue weighted by atomic mass is 10.1. The van der Waals surface area contributed by atoms with Gasteiger partial charge in [-0.05, 0) is 49.7 Å². The van der Waals surface area contributed by atoms with Gasteiger partial charge in [-0.3, -0.25) is 9.48 Å². The van der Waals surface area contributed by atoms with Crippen molar-refractivity contribution in [3.63, 3.8) is 0 Å². The predicted molar refractivity (Wildman–Crippen MR) is 105 cm³/mol. The van der Waals surface area contributed by atoms with Crippen molar-refractivity contribution in [1.82, 2.24) is 19.7 Å². The molecule has 0 radical (unpaired) electrons. The molecule has 4 aromatic rings. The van der Waals surface area contributed by atoms with Gasteiger partial charge in [0.1, 0.15) is 5.82 Å². The van der Waals surface area contributed by atoms with Crippen molar-refractivity contribution < 1.29 is 9.18 Å². The Labute approximate surface area is 161 Å². The van der Waals surface area contributed by atoms with E-state index in [9.17, 15) is 9.18 Å². The van der Waals surface area contributed by atoms with Gasteiger partial charge >= 0.3 is 0 Å². The summed E-state index contributed by atoms with van der Waals surface area (Å²) in [4.78, 5) is 21.3. The number of nitrogens with one attached hydrogen (secondary N) is 1. The Hall–Kier alpha value is -3.61. The minimum absolute atomic E-state index is 0.243. The monoisotopic (exact) mass is 375 g/mol. The molecule has 0 saturated carbocycles. The summed E-state index contributed by atoms with van der Waals surface area (Å²) in [6, 6.07) is 11.6. The first-order chi connectivity index (χ1) is 13.5. The van der Waals surface area contributed by atoms with Crippen LogP contribution >= 0.6 is 0 Å². The number of nitrogens with zero attached hydrogens (tertiary/aromatic N) is 4. The second-order valence-electron chi connectivity index (χ2n) is 6.52. The molecule has 1 amide bonds. The Morgan fingerprint density at radius 1 is 1.07 bits per heavy atom. The van der Waals surface area contributed by atoms with Gasteiger partial charge in [-0.1, -0.05) is 12.1 Å². The van der Waals surface area contributed by atoms with Crippen molar-refractivity contribution in [3.8, 4) is 0 Å². The average Bonchev–Trinajstić information content (AvgIpc) is 2.96. The smallest absolute Gasteiger partial charge is 0.256 e. The molecule has 6 nitrogen and oxygen atoms in total. The molecule has 7 heteroatoms. The third kappa shape index (κ3) is 3.34. The fourth-order valence-corrected chi connectivity index (χ4v) is 3.16. The first kappa shape index (κ1) is 17.8. The molecule has 4 rings (SSSR count). The van der Waals surface area contributed by atoms with Gasteiger partial charge in [-0.15, -0.1) is 0 Å². The maximum absolute atomic E-state index is 13.1. The molecule has 0 bridgehead atoms. The first-order valence-electron chi connectivity index (χ1n) is 8.82. The van der Waals surface area contributed by atoms with Gasteiger partial charge in [0.05, 0.1) is 29.2 Å². The maximum atomic E-state index is 13.1. The van der Waals surface area contributed by atoms with E-state index in [2.05, 4.69) is 20.4 Å². The van der Waals surface area contributed by atoms with Crippen LogP contribution in [0.25, 0.3) is 11.0 Å². The highest BCUT2D eigenvalue weighted by Crippen LogP contribution is 2.23. The summed E-state index contributed by atoms with van der Waals surface area (Å²) in [7, 11) is 0. The van der Waals surface area contributed by atoms with Gasteiger partial charge in [0.2, 0.25) is 0 Å². The maximum Gasteiger partial charge on any atom is 0.256 e. The van der Waals surface area contributed by atoms with Crippen molar-refractivity contribution in [3.05, 3.63) is 83.2 Å². The highest BCUT2D eigenvalue weighted by molar-refractivity contribution is 6.12. The van der Waals surface area contributed by atoms with E-state index in [1.54, 1.807) is 41.3 Å². The van der Waals surface area contributed by atoms with Gasteiger partial charge in [-0.25, -0.2) is 14.4 Å². The molecule has 1 N–H and O–H groups in total. The molecule has 0 unspecified atom stereocenters. The summed E-state index contributed by atoms with van der Waals surface area (Å²) >= 11 is 0. The van der Waals surface area contributed by atoms with E-state index in [0.29, 0.717) is 34.5 Å². The van der Waals surface area contributed by atoms with Crippen molar-refractivity contribution in [2.45, 2.75) is 20.4 Å². The van der Waals surface area contributed by atoms with Crippen LogP contribution < -0.4 is 5.32 Å². The molecule has 0 spiro atoms. The second-order valence-corrected chi connectivity index (χ2v) is 6.52. The molecular formula is C21H18FN5O. The van der Waals surface area contributed by atoms with Gasteiger partial charge in [0.15, 0.2) is 5.65 Å². The van der Waals surface area contributed by atoms with Gasteiger partial charge in [-0.2, -0.15) is 5.10 Å². The number of halogens is 1. The van der Waals surface area contributed by atoms with Gasteiger partial charge < -0.3 is 5.32 Å². The van der Waals surface area contributed by atoms with E-state index in [1.165, 1.54) is 12.1 Å². The zero-order chi connectivity index (χ0) is 19.7. The van der Waals surface area contributed by atoms with E-state index < -0.39 is 0 Å². The number of anilines is 1. The normalized spacial score (nSPS) is 11.0. The average molecular weight is 375 g/mol. The molecule has 28 heavy (non-hydrogen) atoms. The third-order valence-corrected chi connectivity index (χ3v) is 4.63. The Kier molecular flexibility index (Phi) is 4.57. The van der Waals surface area contributed by atoms with E-state index >= 15 is 0 Å². The summed E-state index contributed by atoms with van der Waals surface area (Å²) in [5, 5.41) is 8.18. The second kappa shape index (κ2) is 7.19. The molecule has 3 heterocycles. The summed E-state index contributed by atoms with van der Waals surface area (Å²) in [6.07, 6.45) is 3.21. The largest absolute Gasteiger partial charge is 0.319 e. The molecule has 0 aliphatic heterocycles. The minimum Gasteiger partial charge on any atom is -0.319 e. The van der Waals surface area contributed by atoms with Crippen molar-refractivity contribution in [2.24, 2.45) is 0 Å². The van der Waals surface area contributed by atoms with Crippen molar-refractivity contribution in [2.75, 3.05) is 5.32 Å². The summed E-state index contributed by atoms with van der Waals surface area (Å²) < 4.78 is 14.9.